The van der Waals surface area contributed by atoms with Crippen molar-refractivity contribution in [3.05, 3.63) is 17.8 Å². The molecule has 0 atom stereocenters. The third-order valence-corrected chi connectivity index (χ3v) is 2.61. The number of hydrogen-bond donors (Lipinski definition) is 1. The second-order valence-electron chi connectivity index (χ2n) is 3.97. The maximum absolute atomic E-state index is 11.3. The van der Waals surface area contributed by atoms with E-state index in [4.69, 9.17) is 10.5 Å². The Labute approximate surface area is 105 Å². The fourth-order valence-electron chi connectivity index (χ4n) is 1.77. The SMILES string of the molecule is CCOC(=O)CCn1c(N)nc2ccc(C)nc21. The average Bonchev–Trinajstić information content (AvgIpc) is 2.62. The van der Waals surface area contributed by atoms with E-state index in [1.165, 1.54) is 0 Å². The highest BCUT2D eigenvalue weighted by atomic mass is 16.5. The van der Waals surface area contributed by atoms with Crippen molar-refractivity contribution >= 4 is 23.1 Å². The molecule has 2 aromatic heterocycles. The largest absolute Gasteiger partial charge is 0.466 e. The Morgan fingerprint density at radius 3 is 2.94 bits per heavy atom. The maximum atomic E-state index is 11.3. The lowest BCUT2D eigenvalue weighted by Gasteiger charge is -2.05. The van der Waals surface area contributed by atoms with E-state index < -0.39 is 0 Å². The lowest BCUT2D eigenvalue weighted by molar-refractivity contribution is -0.143. The molecule has 96 valence electrons. The summed E-state index contributed by atoms with van der Waals surface area (Å²) in [6.45, 7) is 4.50. The molecule has 0 aromatic carbocycles. The number of carbonyl (C=O) groups excluding carboxylic acids is 1. The molecule has 18 heavy (non-hydrogen) atoms. The predicted molar refractivity (Wildman–Crippen MR) is 67.9 cm³/mol. The summed E-state index contributed by atoms with van der Waals surface area (Å²) in [6.07, 6.45) is 0.263. The number of anilines is 1. The fraction of sp³-hybridized carbons (Fsp3) is 0.417. The first-order valence-corrected chi connectivity index (χ1v) is 5.86. The van der Waals surface area contributed by atoms with Crippen LogP contribution in [0.2, 0.25) is 0 Å². The molecule has 0 aliphatic rings. The minimum atomic E-state index is -0.244. The molecule has 0 fully saturated rings. The lowest BCUT2D eigenvalue weighted by atomic mass is 10.3. The molecular weight excluding hydrogens is 232 g/mol. The van der Waals surface area contributed by atoms with Crippen molar-refractivity contribution in [2.75, 3.05) is 12.3 Å². The van der Waals surface area contributed by atoms with E-state index in [-0.39, 0.29) is 12.4 Å². The van der Waals surface area contributed by atoms with Gasteiger partial charge >= 0.3 is 5.97 Å². The molecule has 0 saturated heterocycles. The van der Waals surface area contributed by atoms with E-state index in [1.807, 2.05) is 19.1 Å². The summed E-state index contributed by atoms with van der Waals surface area (Å²) in [5, 5.41) is 0. The van der Waals surface area contributed by atoms with Gasteiger partial charge in [0.25, 0.3) is 0 Å². The fourth-order valence-corrected chi connectivity index (χ4v) is 1.77. The van der Waals surface area contributed by atoms with E-state index in [9.17, 15) is 4.79 Å². The van der Waals surface area contributed by atoms with E-state index in [1.54, 1.807) is 11.5 Å². The molecule has 0 bridgehead atoms. The first-order chi connectivity index (χ1) is 8.61. The van der Waals surface area contributed by atoms with Crippen molar-refractivity contribution in [2.45, 2.75) is 26.8 Å². The number of carbonyl (C=O) groups is 1. The Kier molecular flexibility index (Phi) is 3.45. The highest BCUT2D eigenvalue weighted by Crippen LogP contribution is 2.16. The first kappa shape index (κ1) is 12.3. The highest BCUT2D eigenvalue weighted by molar-refractivity contribution is 5.75. The number of aryl methyl sites for hydroxylation is 2. The molecule has 2 rings (SSSR count). The van der Waals surface area contributed by atoms with Gasteiger partial charge in [-0.1, -0.05) is 0 Å². The molecule has 2 aromatic rings. The number of ether oxygens (including phenoxy) is 1. The van der Waals surface area contributed by atoms with Crippen LogP contribution < -0.4 is 5.73 Å². The van der Waals surface area contributed by atoms with Crippen LogP contribution in [0, 0.1) is 6.92 Å². The molecule has 0 aliphatic heterocycles. The van der Waals surface area contributed by atoms with E-state index in [0.29, 0.717) is 24.7 Å². The minimum Gasteiger partial charge on any atom is -0.466 e. The Morgan fingerprint density at radius 1 is 1.44 bits per heavy atom. The van der Waals surface area contributed by atoms with Crippen LogP contribution in [0.3, 0.4) is 0 Å². The average molecular weight is 248 g/mol. The summed E-state index contributed by atoms with van der Waals surface area (Å²) < 4.78 is 6.62. The molecule has 6 heteroatoms. The second-order valence-corrected chi connectivity index (χ2v) is 3.97. The van der Waals surface area contributed by atoms with Gasteiger partial charge < -0.3 is 10.5 Å². The van der Waals surface area contributed by atoms with Crippen molar-refractivity contribution < 1.29 is 9.53 Å². The zero-order chi connectivity index (χ0) is 13.1. The van der Waals surface area contributed by atoms with Crippen molar-refractivity contribution in [2.24, 2.45) is 0 Å². The zero-order valence-electron chi connectivity index (χ0n) is 10.5. The summed E-state index contributed by atoms with van der Waals surface area (Å²) in [7, 11) is 0. The summed E-state index contributed by atoms with van der Waals surface area (Å²) in [5.74, 6) is 0.124. The molecule has 0 amide bonds. The van der Waals surface area contributed by atoms with Crippen molar-refractivity contribution in [1.29, 1.82) is 0 Å². The van der Waals surface area contributed by atoms with Gasteiger partial charge in [0, 0.05) is 12.2 Å². The quantitative estimate of drug-likeness (QED) is 0.824. The summed E-state index contributed by atoms with van der Waals surface area (Å²) in [6, 6.07) is 3.75. The number of esters is 1. The van der Waals surface area contributed by atoms with Gasteiger partial charge in [0.1, 0.15) is 5.52 Å². The number of hydrogen-bond acceptors (Lipinski definition) is 5. The van der Waals surface area contributed by atoms with Crippen molar-refractivity contribution in [3.63, 3.8) is 0 Å². The van der Waals surface area contributed by atoms with Gasteiger partial charge in [0.05, 0.1) is 13.0 Å². The van der Waals surface area contributed by atoms with Crippen LogP contribution in [-0.4, -0.2) is 27.1 Å². The Morgan fingerprint density at radius 2 is 2.22 bits per heavy atom. The van der Waals surface area contributed by atoms with Crippen LogP contribution >= 0.6 is 0 Å². The Bertz CT molecular complexity index is 577. The van der Waals surface area contributed by atoms with Gasteiger partial charge in [-0.25, -0.2) is 9.97 Å². The molecule has 0 radical (unpaired) electrons. The number of rotatable bonds is 4. The van der Waals surface area contributed by atoms with E-state index in [2.05, 4.69) is 9.97 Å². The van der Waals surface area contributed by atoms with Gasteiger partial charge in [0.15, 0.2) is 5.65 Å². The zero-order valence-corrected chi connectivity index (χ0v) is 10.5. The number of imidazole rings is 1. The van der Waals surface area contributed by atoms with Gasteiger partial charge in [-0.2, -0.15) is 0 Å². The van der Waals surface area contributed by atoms with Crippen LogP contribution in [0.5, 0.6) is 0 Å². The summed E-state index contributed by atoms with van der Waals surface area (Å²) in [4.78, 5) is 19.9. The van der Waals surface area contributed by atoms with Crippen molar-refractivity contribution in [3.8, 4) is 0 Å². The van der Waals surface area contributed by atoms with Crippen LogP contribution in [0.4, 0.5) is 5.95 Å². The standard InChI is InChI=1S/C12H16N4O2/c1-3-18-10(17)6-7-16-11-9(15-12(16)13)5-4-8(2)14-11/h4-5H,3,6-7H2,1-2H3,(H2,13,15). The van der Waals surface area contributed by atoms with Gasteiger partial charge in [-0.05, 0) is 26.0 Å². The number of nitrogens with two attached hydrogens (primary N) is 1. The van der Waals surface area contributed by atoms with Gasteiger partial charge in [-0.15, -0.1) is 0 Å². The number of fused-ring (bicyclic) bond motifs is 1. The third-order valence-electron chi connectivity index (χ3n) is 2.61. The molecule has 0 aliphatic carbocycles. The Hall–Kier alpha value is -2.11. The lowest BCUT2D eigenvalue weighted by Crippen LogP contribution is -2.11. The minimum absolute atomic E-state index is 0.244. The van der Waals surface area contributed by atoms with Crippen LogP contribution in [0.25, 0.3) is 11.2 Å². The van der Waals surface area contributed by atoms with Crippen molar-refractivity contribution in [1.82, 2.24) is 14.5 Å². The predicted octanol–water partition coefficient (Wildman–Crippen LogP) is 1.28. The first-order valence-electron chi connectivity index (χ1n) is 5.86. The van der Waals surface area contributed by atoms with Gasteiger partial charge in [0.2, 0.25) is 5.95 Å². The van der Waals surface area contributed by atoms with Crippen LogP contribution in [-0.2, 0) is 16.1 Å². The topological polar surface area (TPSA) is 83.0 Å². The molecule has 2 heterocycles. The molecule has 0 unspecified atom stereocenters. The molecule has 0 saturated carbocycles. The monoisotopic (exact) mass is 248 g/mol. The molecule has 2 N–H and O–H groups in total. The summed E-state index contributed by atoms with van der Waals surface area (Å²) >= 11 is 0. The number of nitrogen functional groups attached to an aromatic ring is 1. The molecule has 0 spiro atoms. The van der Waals surface area contributed by atoms with E-state index in [0.717, 1.165) is 11.2 Å². The normalized spacial score (nSPS) is 10.8. The smallest absolute Gasteiger partial charge is 0.307 e. The number of nitrogens with zero attached hydrogens (tertiary/aromatic N) is 3. The molecular formula is C12H16N4O2. The number of aromatic nitrogens is 3. The maximum Gasteiger partial charge on any atom is 0.307 e. The van der Waals surface area contributed by atoms with Crippen LogP contribution in [0.15, 0.2) is 12.1 Å². The van der Waals surface area contributed by atoms with Gasteiger partial charge in [-0.3, -0.25) is 9.36 Å². The Balaban J connectivity index is 2.24. The molecule has 6 nitrogen and oxygen atoms in total. The second kappa shape index (κ2) is 5.03. The summed E-state index contributed by atoms with van der Waals surface area (Å²) in [5.41, 5.74) is 8.16. The van der Waals surface area contributed by atoms with Crippen LogP contribution in [0.1, 0.15) is 19.0 Å². The van der Waals surface area contributed by atoms with E-state index >= 15 is 0 Å². The third kappa shape index (κ3) is 2.42. The highest BCUT2D eigenvalue weighted by Gasteiger charge is 2.11. The number of pyridine rings is 1.